The highest BCUT2D eigenvalue weighted by atomic mass is 32.2. The van der Waals surface area contributed by atoms with Crippen LogP contribution in [0.25, 0.3) is 0 Å². The average Bonchev–Trinajstić information content (AvgIpc) is 1.60. The highest BCUT2D eigenvalue weighted by Gasteiger charge is 2.46. The Kier molecular flexibility index (Phi) is 41.1. The summed E-state index contributed by atoms with van der Waals surface area (Å²) in [6.07, 6.45) is 8.09. The number of allylic oxidation sites excluding steroid dienone is 8. The summed E-state index contributed by atoms with van der Waals surface area (Å²) < 4.78 is 42.4. The molecule has 8 atom stereocenters. The van der Waals surface area contributed by atoms with Gasteiger partial charge in [-0.25, -0.2) is 0 Å². The van der Waals surface area contributed by atoms with Gasteiger partial charge in [-0.1, -0.05) is 75.8 Å². The van der Waals surface area contributed by atoms with Crippen molar-refractivity contribution < 1.29 is 125 Å². The number of unbranched alkanes of at least 4 members (excludes halogenated alkanes) is 2. The number of nitrogens with zero attached hydrogens (tertiary/aromatic N) is 3. The number of carbonyl (C=O) groups excluding carboxylic acids is 11. The number of carbonyl (C=O) groups is 16. The fourth-order valence-corrected chi connectivity index (χ4v) is 16.4. The maximum Gasteiger partial charge on any atom is 0.303 e. The van der Waals surface area contributed by atoms with Gasteiger partial charge >= 0.3 is 29.8 Å². The smallest absolute Gasteiger partial charge is 0.303 e. The van der Waals surface area contributed by atoms with Gasteiger partial charge in [0.05, 0.1) is 40.5 Å². The highest BCUT2D eigenvalue weighted by molar-refractivity contribution is 7.98. The van der Waals surface area contributed by atoms with Crippen LogP contribution in [0.4, 0.5) is 11.4 Å². The third-order valence-electron chi connectivity index (χ3n) is 21.9. The number of likely N-dealkylation sites (N-methyl/N-ethyl adjacent to an activating group) is 1. The first-order valence-electron chi connectivity index (χ1n) is 41.4. The van der Waals surface area contributed by atoms with Crippen molar-refractivity contribution in [1.29, 1.82) is 0 Å². The van der Waals surface area contributed by atoms with Gasteiger partial charge in [-0.2, -0.15) is 24.8 Å². The molecule has 1 saturated heterocycles. The van der Waals surface area contributed by atoms with E-state index in [-0.39, 0.29) is 86.5 Å². The number of amides is 6. The number of carboxylic acid groups (broad SMARTS) is 5. The third kappa shape index (κ3) is 32.1. The predicted molar refractivity (Wildman–Crippen MR) is 453 cm³/mol. The molecular weight excluding hydrogens is 1620 g/mol. The molecule has 0 radical (unpaired) electrons. The van der Waals surface area contributed by atoms with Gasteiger partial charge < -0.3 is 66.7 Å². The van der Waals surface area contributed by atoms with Crippen LogP contribution in [0.15, 0.2) is 89.5 Å². The molecule has 670 valence electrons. The van der Waals surface area contributed by atoms with Crippen LogP contribution in [0, 0.1) is 24.7 Å². The number of thioether (sulfide) groups is 1. The molecule has 0 aromatic heterocycles. The number of aryl methyl sites for hydroxylation is 1. The summed E-state index contributed by atoms with van der Waals surface area (Å²) in [5, 5.41) is 61.3. The van der Waals surface area contributed by atoms with E-state index in [9.17, 15) is 115 Å². The third-order valence-corrected chi connectivity index (χ3v) is 23.4. The van der Waals surface area contributed by atoms with Gasteiger partial charge in [0.2, 0.25) is 41.1 Å². The number of rotatable bonds is 57. The van der Waals surface area contributed by atoms with E-state index < -0.39 is 236 Å². The Morgan fingerprint density at radius 1 is 0.590 bits per heavy atom. The van der Waals surface area contributed by atoms with Crippen LogP contribution in [-0.4, -0.2) is 229 Å². The first-order valence-corrected chi connectivity index (χ1v) is 44.2. The number of anilines is 1. The molecule has 2 aromatic rings. The zero-order chi connectivity index (χ0) is 90.9. The Morgan fingerprint density at radius 2 is 1.12 bits per heavy atom. The summed E-state index contributed by atoms with van der Waals surface area (Å²) in [5.41, 5.74) is 5.91. The Bertz CT molecular complexity index is 4450. The normalized spacial score (nSPS) is 16.8. The number of ketones is 5. The first kappa shape index (κ1) is 102. The zero-order valence-corrected chi connectivity index (χ0v) is 72.9. The lowest BCUT2D eigenvalue weighted by atomic mass is 9.81. The molecule has 3 aliphatic rings. The molecule has 6 amide bonds. The van der Waals surface area contributed by atoms with Crippen molar-refractivity contribution in [1.82, 2.24) is 31.5 Å². The second-order valence-electron chi connectivity index (χ2n) is 32.5. The molecule has 122 heavy (non-hydrogen) atoms. The number of likely N-dealkylation sites (tertiary alicyclic amines) is 1. The molecule has 2 aromatic carbocycles. The van der Waals surface area contributed by atoms with Gasteiger partial charge in [-0.15, -0.1) is 0 Å². The van der Waals surface area contributed by atoms with Crippen LogP contribution < -0.4 is 31.5 Å². The van der Waals surface area contributed by atoms with Crippen LogP contribution in [0.1, 0.15) is 220 Å². The molecule has 0 unspecified atom stereocenters. The summed E-state index contributed by atoms with van der Waals surface area (Å²) in [6.45, 7) is 18.0. The van der Waals surface area contributed by atoms with E-state index in [2.05, 4.69) is 83.5 Å². The van der Waals surface area contributed by atoms with Crippen molar-refractivity contribution in [2.45, 2.75) is 262 Å². The molecule has 11 N–H and O–H groups in total. The highest BCUT2D eigenvalue weighted by Crippen LogP contribution is 2.48. The number of hydrogen-bond acceptors (Lipinski definition) is 21. The minimum atomic E-state index is -4.58. The summed E-state index contributed by atoms with van der Waals surface area (Å²) >= 11 is 1.37. The van der Waals surface area contributed by atoms with Crippen LogP contribution in [0.2, 0.25) is 0 Å². The van der Waals surface area contributed by atoms with Gasteiger partial charge in [0.1, 0.15) is 19.2 Å². The van der Waals surface area contributed by atoms with E-state index in [1.165, 1.54) is 52.5 Å². The maximum absolute atomic E-state index is 14.4. The molecule has 0 aliphatic carbocycles. The summed E-state index contributed by atoms with van der Waals surface area (Å²) in [6, 6.07) is 3.24. The number of benzene rings is 2. The summed E-state index contributed by atoms with van der Waals surface area (Å²) in [7, 11) is -4.58. The lowest BCUT2D eigenvalue weighted by molar-refractivity contribution is -0.438. The van der Waals surface area contributed by atoms with Crippen molar-refractivity contribution in [3.05, 3.63) is 101 Å². The fraction of sp³-hybridized carbons (Fsp3) is 0.575. The van der Waals surface area contributed by atoms with Crippen molar-refractivity contribution in [3.63, 3.8) is 0 Å². The number of fused-ring (bicyclic) bond motifs is 2. The lowest BCUT2D eigenvalue weighted by Gasteiger charge is -2.27. The second-order valence-corrected chi connectivity index (χ2v) is 34.9. The second kappa shape index (κ2) is 49.0. The Morgan fingerprint density at radius 3 is 1.67 bits per heavy atom. The van der Waals surface area contributed by atoms with E-state index in [0.717, 1.165) is 18.0 Å². The van der Waals surface area contributed by atoms with Crippen LogP contribution in [0.5, 0.6) is 0 Å². The Hall–Kier alpha value is -10.4. The number of ether oxygens (including phenoxy) is 1. The molecule has 3 heterocycles. The number of carboxylic acids is 5. The minimum absolute atomic E-state index is 0.0595. The molecule has 0 bridgehead atoms. The number of nitrogens with one attached hydrogen (secondary N) is 5. The monoisotopic (exact) mass is 1740 g/mol. The van der Waals surface area contributed by atoms with Gasteiger partial charge in [-0.3, -0.25) is 81.3 Å². The van der Waals surface area contributed by atoms with Crippen molar-refractivity contribution in [2.75, 3.05) is 49.8 Å². The molecule has 0 spiro atoms. The Labute approximate surface area is 716 Å². The van der Waals surface area contributed by atoms with E-state index in [4.69, 9.17) is 4.74 Å². The molecule has 0 saturated carbocycles. The molecule has 1 fully saturated rings. The zero-order valence-electron chi connectivity index (χ0n) is 71.3. The predicted octanol–water partition coefficient (Wildman–Crippen LogP) is 8.15. The number of Topliss-reactive ketones (excluding diaryl/α,β-unsaturated/α-hetero) is 5. The summed E-state index contributed by atoms with van der Waals surface area (Å²) in [5.74, 6) is -18.1. The van der Waals surface area contributed by atoms with Crippen LogP contribution >= 0.6 is 11.8 Å². The standard InChI is InChI=1S/C87H120N8O25S2/c1-11-93-66-34-27-54(4)47-59(66)86(6,7)73(93)24-16-13-12-14-17-25-74-87(8,9)60-50-58(122(117,118)119)30-35-67(60)94(74)43-19-15-18-26-75(101)88-62(32-41-81(110)111)71(99)48-56(28-38-78(104)105)84(115)91-63(33-42-82(112)113)72(100)49-57(29-39-79(106)107)83(114)90-61(31-40-80(108)109)69(97)23-21-45-120-51-77(103)95-44-20-22-68(95)85(116)92-64(46-53(2)3)70(98)36-37-76(102)89-65(52-121-10)55(5)96/h12-14,16-17,24-25,27,30,34-35,47,50,53,56-57,61-65,68H,11,15,18-23,26,28-29,31-33,36-46,48-49,51-52H2,1-10H3,(H10-,88,89,90,91,92,101,102,104,105,106,107,108,109,110,111,112,113,114,115,116,117,118,119)/p+1/t56-,57-,61+,62+,63+,64-,65-,68-/m0/s1. The van der Waals surface area contributed by atoms with E-state index in [1.807, 2.05) is 68.7 Å². The van der Waals surface area contributed by atoms with Crippen molar-refractivity contribution >= 4 is 133 Å². The molecule has 33 nitrogen and oxygen atoms in total. The minimum Gasteiger partial charge on any atom is -0.481 e. The van der Waals surface area contributed by atoms with Crippen molar-refractivity contribution in [2.24, 2.45) is 17.8 Å². The van der Waals surface area contributed by atoms with E-state index >= 15 is 0 Å². The SMILES string of the molecule is CCN1C(=CC=CC=CC=CC2=[N+](CCCCCC(=O)N[C@H](CCC(=O)O)C(=O)C[C@H](CCC(=O)O)C(=O)N[C@H](CCC(=O)O)C(=O)C[C@H](CCC(=O)O)C(=O)N[C@H](CCC(=O)O)C(=O)CCCOCC(=O)N3CCC[C@H]3C(=O)N[C@@H](CC(C)C)C(=O)CCC(=O)N[C@@H](CSC)C(C)=O)c3ccc(S(=O)(=O)O)cc3C2(C)C)C(C)(C)c2cc(C)ccc21. The Balaban J connectivity index is 1.23. The van der Waals surface area contributed by atoms with Gasteiger partial charge in [-0.05, 0) is 147 Å². The van der Waals surface area contributed by atoms with Crippen LogP contribution in [0.3, 0.4) is 0 Å². The van der Waals surface area contributed by atoms with E-state index in [0.29, 0.717) is 42.8 Å². The van der Waals surface area contributed by atoms with Crippen molar-refractivity contribution in [3.8, 4) is 0 Å². The van der Waals surface area contributed by atoms with Gasteiger partial charge in [0.25, 0.3) is 10.1 Å². The number of aliphatic carboxylic acids is 5. The largest absolute Gasteiger partial charge is 0.481 e. The molecule has 5 rings (SSSR count). The topological polar surface area (TPSA) is 508 Å². The van der Waals surface area contributed by atoms with E-state index in [1.54, 1.807) is 12.3 Å². The van der Waals surface area contributed by atoms with Gasteiger partial charge in [0.15, 0.2) is 34.6 Å². The molecular formula is C87H121N8O25S2+. The fourth-order valence-electron chi connectivity index (χ4n) is 15.2. The molecule has 3 aliphatic heterocycles. The lowest BCUT2D eigenvalue weighted by Crippen LogP contribution is -2.52. The van der Waals surface area contributed by atoms with Crippen LogP contribution in [-0.2, 0) is 102 Å². The quantitative estimate of drug-likeness (QED) is 0.0129. The average molecular weight is 1740 g/mol. The first-order chi connectivity index (χ1) is 57.4. The summed E-state index contributed by atoms with van der Waals surface area (Å²) in [4.78, 5) is 213. The molecule has 35 heteroatoms. The number of hydrogen-bond donors (Lipinski definition) is 11. The maximum atomic E-state index is 14.4. The van der Waals surface area contributed by atoms with Gasteiger partial charge in [0, 0.05) is 149 Å².